The second-order valence-electron chi connectivity index (χ2n) is 7.02. The molecule has 2 aromatic heterocycles. The Labute approximate surface area is 123 Å². The van der Waals surface area contributed by atoms with Crippen molar-refractivity contribution >= 4 is 16.3 Å². The van der Waals surface area contributed by atoms with Gasteiger partial charge in [-0.1, -0.05) is 38.5 Å². The van der Waals surface area contributed by atoms with E-state index in [1.165, 1.54) is 19.3 Å². The average Bonchev–Trinajstić information content (AvgIpc) is 2.84. The molecule has 110 valence electrons. The molecule has 2 heterocycles. The van der Waals surface area contributed by atoms with Crippen molar-refractivity contribution in [3.8, 4) is 0 Å². The standard InChI is InChI=1S/C14H23N5S/c1-14(2,3)7-10(8-15)12-18-19-11(9-5-4-6-9)16-17-13(19)20-12/h9-10H,4-8,15H2,1-3H3. The van der Waals surface area contributed by atoms with Gasteiger partial charge in [0.25, 0.3) is 0 Å². The molecule has 1 atom stereocenters. The summed E-state index contributed by atoms with van der Waals surface area (Å²) in [6, 6.07) is 0. The van der Waals surface area contributed by atoms with E-state index in [1.54, 1.807) is 11.3 Å². The summed E-state index contributed by atoms with van der Waals surface area (Å²) < 4.78 is 1.95. The van der Waals surface area contributed by atoms with Gasteiger partial charge in [-0.3, -0.25) is 0 Å². The van der Waals surface area contributed by atoms with Crippen molar-refractivity contribution in [2.24, 2.45) is 11.1 Å². The highest BCUT2D eigenvalue weighted by molar-refractivity contribution is 7.16. The Kier molecular flexibility index (Phi) is 3.54. The first-order valence-electron chi connectivity index (χ1n) is 7.40. The molecule has 2 aromatic rings. The van der Waals surface area contributed by atoms with Gasteiger partial charge in [0.05, 0.1) is 0 Å². The van der Waals surface area contributed by atoms with Gasteiger partial charge in [0, 0.05) is 18.4 Å². The molecule has 5 nitrogen and oxygen atoms in total. The minimum atomic E-state index is 0.257. The van der Waals surface area contributed by atoms with Crippen molar-refractivity contribution in [2.45, 2.75) is 58.3 Å². The first kappa shape index (κ1) is 13.9. The number of nitrogens with two attached hydrogens (primary N) is 1. The lowest BCUT2D eigenvalue weighted by Gasteiger charge is -2.23. The molecular weight excluding hydrogens is 270 g/mol. The Bertz CT molecular complexity index is 590. The van der Waals surface area contributed by atoms with Crippen LogP contribution in [0.2, 0.25) is 0 Å². The van der Waals surface area contributed by atoms with E-state index < -0.39 is 0 Å². The van der Waals surface area contributed by atoms with Gasteiger partial charge >= 0.3 is 0 Å². The lowest BCUT2D eigenvalue weighted by Crippen LogP contribution is -2.20. The zero-order valence-electron chi connectivity index (χ0n) is 12.5. The molecule has 0 aromatic carbocycles. The Balaban J connectivity index is 1.89. The van der Waals surface area contributed by atoms with Crippen molar-refractivity contribution in [1.29, 1.82) is 0 Å². The first-order chi connectivity index (χ1) is 9.48. The van der Waals surface area contributed by atoms with Crippen LogP contribution in [-0.4, -0.2) is 26.4 Å². The monoisotopic (exact) mass is 293 g/mol. The zero-order valence-corrected chi connectivity index (χ0v) is 13.3. The number of rotatable bonds is 4. The third-order valence-electron chi connectivity index (χ3n) is 3.99. The van der Waals surface area contributed by atoms with Crippen LogP contribution in [0.3, 0.4) is 0 Å². The van der Waals surface area contributed by atoms with Gasteiger partial charge in [-0.05, 0) is 24.7 Å². The molecule has 6 heteroatoms. The fraction of sp³-hybridized carbons (Fsp3) is 0.786. The maximum atomic E-state index is 5.96. The van der Waals surface area contributed by atoms with E-state index in [-0.39, 0.29) is 5.41 Å². The van der Waals surface area contributed by atoms with Crippen molar-refractivity contribution in [2.75, 3.05) is 6.54 Å². The fourth-order valence-corrected chi connectivity index (χ4v) is 3.70. The van der Waals surface area contributed by atoms with E-state index in [2.05, 4.69) is 31.0 Å². The molecule has 2 N–H and O–H groups in total. The number of nitrogens with zero attached hydrogens (tertiary/aromatic N) is 4. The van der Waals surface area contributed by atoms with Crippen LogP contribution in [0.25, 0.3) is 4.96 Å². The molecule has 0 amide bonds. The van der Waals surface area contributed by atoms with Crippen molar-refractivity contribution in [3.63, 3.8) is 0 Å². The number of hydrogen-bond acceptors (Lipinski definition) is 5. The van der Waals surface area contributed by atoms with Crippen LogP contribution >= 0.6 is 11.3 Å². The molecule has 0 spiro atoms. The largest absolute Gasteiger partial charge is 0.330 e. The highest BCUT2D eigenvalue weighted by Gasteiger charge is 2.28. The van der Waals surface area contributed by atoms with Gasteiger partial charge in [-0.15, -0.1) is 10.2 Å². The van der Waals surface area contributed by atoms with Crippen molar-refractivity contribution < 1.29 is 0 Å². The molecule has 0 saturated heterocycles. The predicted molar refractivity (Wildman–Crippen MR) is 81.1 cm³/mol. The van der Waals surface area contributed by atoms with Gasteiger partial charge in [-0.2, -0.15) is 9.61 Å². The van der Waals surface area contributed by atoms with Gasteiger partial charge in [-0.25, -0.2) is 0 Å². The lowest BCUT2D eigenvalue weighted by molar-refractivity contribution is 0.340. The van der Waals surface area contributed by atoms with E-state index in [1.807, 2.05) is 4.52 Å². The van der Waals surface area contributed by atoms with Crippen LogP contribution in [0, 0.1) is 5.41 Å². The molecular formula is C14H23N5S. The smallest absolute Gasteiger partial charge is 0.234 e. The molecule has 1 unspecified atom stereocenters. The normalized spacial score (nSPS) is 18.4. The molecule has 3 rings (SSSR count). The highest BCUT2D eigenvalue weighted by atomic mass is 32.1. The summed E-state index contributed by atoms with van der Waals surface area (Å²) in [6.45, 7) is 7.38. The van der Waals surface area contributed by atoms with Crippen LogP contribution in [-0.2, 0) is 0 Å². The Morgan fingerprint density at radius 1 is 1.35 bits per heavy atom. The summed E-state index contributed by atoms with van der Waals surface area (Å²) in [5.74, 6) is 1.91. The van der Waals surface area contributed by atoms with E-state index in [4.69, 9.17) is 10.8 Å². The molecule has 0 radical (unpaired) electrons. The lowest BCUT2D eigenvalue weighted by atomic mass is 9.85. The SMILES string of the molecule is CC(C)(C)CC(CN)c1nn2c(C3CCC3)nnc2s1. The Hall–Kier alpha value is -1.01. The fourth-order valence-electron chi connectivity index (χ4n) is 2.74. The number of fused-ring (bicyclic) bond motifs is 1. The summed E-state index contributed by atoms with van der Waals surface area (Å²) in [4.78, 5) is 0.911. The maximum absolute atomic E-state index is 5.96. The van der Waals surface area contributed by atoms with Crippen LogP contribution in [0.1, 0.15) is 69.1 Å². The van der Waals surface area contributed by atoms with Crippen LogP contribution in [0.5, 0.6) is 0 Å². The van der Waals surface area contributed by atoms with Gasteiger partial charge in [0.2, 0.25) is 4.96 Å². The second kappa shape index (κ2) is 5.07. The van der Waals surface area contributed by atoms with Crippen LogP contribution in [0.15, 0.2) is 0 Å². The van der Waals surface area contributed by atoms with Crippen molar-refractivity contribution in [3.05, 3.63) is 10.8 Å². The average molecular weight is 293 g/mol. The molecule has 1 aliphatic rings. The van der Waals surface area contributed by atoms with E-state index in [0.717, 1.165) is 22.2 Å². The molecule has 1 aliphatic carbocycles. The summed E-state index contributed by atoms with van der Waals surface area (Å²) in [5, 5.41) is 14.5. The van der Waals surface area contributed by atoms with Gasteiger partial charge in [0.1, 0.15) is 5.01 Å². The van der Waals surface area contributed by atoms with Gasteiger partial charge in [0.15, 0.2) is 5.82 Å². The minimum absolute atomic E-state index is 0.257. The zero-order chi connectivity index (χ0) is 14.3. The molecule has 20 heavy (non-hydrogen) atoms. The second-order valence-corrected chi connectivity index (χ2v) is 8.01. The van der Waals surface area contributed by atoms with Crippen molar-refractivity contribution in [1.82, 2.24) is 19.8 Å². The summed E-state index contributed by atoms with van der Waals surface area (Å²) in [5.41, 5.74) is 6.22. The van der Waals surface area contributed by atoms with Crippen LogP contribution < -0.4 is 5.73 Å². The minimum Gasteiger partial charge on any atom is -0.330 e. The Morgan fingerprint density at radius 2 is 2.10 bits per heavy atom. The summed E-state index contributed by atoms with van der Waals surface area (Å²) in [7, 11) is 0. The van der Waals surface area contributed by atoms with Gasteiger partial charge < -0.3 is 5.73 Å². The number of hydrogen-bond donors (Lipinski definition) is 1. The molecule has 0 aliphatic heterocycles. The van der Waals surface area contributed by atoms with Crippen LogP contribution in [0.4, 0.5) is 0 Å². The van der Waals surface area contributed by atoms with E-state index in [9.17, 15) is 0 Å². The molecule has 1 fully saturated rings. The first-order valence-corrected chi connectivity index (χ1v) is 8.21. The topological polar surface area (TPSA) is 69.1 Å². The number of aromatic nitrogens is 4. The quantitative estimate of drug-likeness (QED) is 0.941. The summed E-state index contributed by atoms with van der Waals surface area (Å²) in [6.07, 6.45) is 4.78. The Morgan fingerprint density at radius 3 is 2.65 bits per heavy atom. The highest BCUT2D eigenvalue weighted by Crippen LogP contribution is 2.37. The van der Waals surface area contributed by atoms with E-state index >= 15 is 0 Å². The predicted octanol–water partition coefficient (Wildman–Crippen LogP) is 2.93. The maximum Gasteiger partial charge on any atom is 0.234 e. The van der Waals surface area contributed by atoms with E-state index in [0.29, 0.717) is 18.4 Å². The molecule has 0 bridgehead atoms. The third-order valence-corrected chi connectivity index (χ3v) is 5.05. The third kappa shape index (κ3) is 2.59. The summed E-state index contributed by atoms with van der Waals surface area (Å²) >= 11 is 1.64. The molecule has 1 saturated carbocycles.